The van der Waals surface area contributed by atoms with E-state index in [4.69, 9.17) is 0 Å². The number of amides is 2. The largest absolute Gasteiger partial charge is 0.357 e. The Kier molecular flexibility index (Phi) is 9.66. The van der Waals surface area contributed by atoms with Crippen molar-refractivity contribution in [3.05, 3.63) is 95.0 Å². The molecule has 0 aromatic heterocycles. The molecule has 0 saturated carbocycles. The highest BCUT2D eigenvalue weighted by molar-refractivity contribution is 9.10. The molecule has 9 heteroatoms. The molecule has 3 aromatic rings. The van der Waals surface area contributed by atoms with Crippen molar-refractivity contribution in [1.82, 2.24) is 10.2 Å². The van der Waals surface area contributed by atoms with Crippen molar-refractivity contribution in [2.45, 2.75) is 30.7 Å². The highest BCUT2D eigenvalue weighted by Crippen LogP contribution is 2.27. The van der Waals surface area contributed by atoms with Crippen molar-refractivity contribution >= 4 is 43.5 Å². The van der Waals surface area contributed by atoms with Crippen LogP contribution < -0.4 is 9.62 Å². The number of nitrogens with one attached hydrogen (secondary N) is 1. The van der Waals surface area contributed by atoms with E-state index >= 15 is 0 Å². The van der Waals surface area contributed by atoms with Crippen molar-refractivity contribution < 1.29 is 18.0 Å². The zero-order chi connectivity index (χ0) is 26.1. The molecule has 1 atom stereocenters. The number of likely N-dealkylation sites (N-methyl/N-ethyl adjacent to an activating group) is 1. The molecule has 1 N–H and O–H groups in total. The molecule has 0 spiro atoms. The smallest absolute Gasteiger partial charge is 0.264 e. The monoisotopic (exact) mass is 571 g/mol. The maximum Gasteiger partial charge on any atom is 0.264 e. The molecule has 0 saturated heterocycles. The van der Waals surface area contributed by atoms with Gasteiger partial charge < -0.3 is 10.2 Å². The maximum atomic E-state index is 13.8. The Morgan fingerprint density at radius 2 is 1.58 bits per heavy atom. The first-order valence-electron chi connectivity index (χ1n) is 11.7. The molecule has 190 valence electrons. The zero-order valence-corrected chi connectivity index (χ0v) is 22.7. The minimum absolute atomic E-state index is 0.0759. The quantitative estimate of drug-likeness (QED) is 0.373. The maximum absolute atomic E-state index is 13.8. The molecular weight excluding hydrogens is 542 g/mol. The summed E-state index contributed by atoms with van der Waals surface area (Å²) in [6, 6.07) is 23.7. The molecule has 36 heavy (non-hydrogen) atoms. The SMILES string of the molecule is CC[C@@H](C(=O)NC)N(CCc1ccccc1)C(=O)CN(c1cccc(Br)c1)S(=O)(=O)c1ccccc1. The first-order valence-corrected chi connectivity index (χ1v) is 13.9. The van der Waals surface area contributed by atoms with Gasteiger partial charge in [-0.05, 0) is 48.7 Å². The second-order valence-corrected chi connectivity index (χ2v) is 10.9. The summed E-state index contributed by atoms with van der Waals surface area (Å²) in [7, 11) is -2.53. The number of halogens is 1. The van der Waals surface area contributed by atoms with Crippen molar-refractivity contribution in [1.29, 1.82) is 0 Å². The molecule has 0 heterocycles. The van der Waals surface area contributed by atoms with Crippen LogP contribution >= 0.6 is 15.9 Å². The first kappa shape index (κ1) is 27.4. The summed E-state index contributed by atoms with van der Waals surface area (Å²) in [6.45, 7) is 1.65. The fourth-order valence-electron chi connectivity index (χ4n) is 3.94. The number of benzene rings is 3. The van der Waals surface area contributed by atoms with Crippen LogP contribution in [0.15, 0.2) is 94.3 Å². The third-order valence-corrected chi connectivity index (χ3v) is 8.10. The third kappa shape index (κ3) is 6.73. The molecule has 0 fully saturated rings. The summed E-state index contributed by atoms with van der Waals surface area (Å²) in [5, 5.41) is 2.63. The van der Waals surface area contributed by atoms with E-state index in [-0.39, 0.29) is 17.3 Å². The van der Waals surface area contributed by atoms with Crippen LogP contribution in [0.25, 0.3) is 0 Å². The minimum Gasteiger partial charge on any atom is -0.357 e. The van der Waals surface area contributed by atoms with Crippen LogP contribution in [0.3, 0.4) is 0 Å². The highest BCUT2D eigenvalue weighted by atomic mass is 79.9. The van der Waals surface area contributed by atoms with Crippen molar-refractivity contribution in [3.63, 3.8) is 0 Å². The summed E-state index contributed by atoms with van der Waals surface area (Å²) in [5.41, 5.74) is 1.36. The Bertz CT molecular complexity index is 1270. The Hall–Kier alpha value is -3.17. The van der Waals surface area contributed by atoms with Crippen LogP contribution in [-0.2, 0) is 26.0 Å². The molecule has 0 bridgehead atoms. The molecule has 0 aliphatic rings. The van der Waals surface area contributed by atoms with Crippen LogP contribution in [0.5, 0.6) is 0 Å². The Labute approximate surface area is 221 Å². The molecule has 0 aliphatic carbocycles. The lowest BCUT2D eigenvalue weighted by Gasteiger charge is -2.33. The van der Waals surface area contributed by atoms with Gasteiger partial charge in [-0.1, -0.05) is 77.5 Å². The van der Waals surface area contributed by atoms with Crippen molar-refractivity contribution in [2.24, 2.45) is 0 Å². The van der Waals surface area contributed by atoms with E-state index in [9.17, 15) is 18.0 Å². The van der Waals surface area contributed by atoms with Crippen LogP contribution in [-0.4, -0.2) is 51.3 Å². The Balaban J connectivity index is 1.99. The van der Waals surface area contributed by atoms with Gasteiger partial charge in [0.2, 0.25) is 11.8 Å². The van der Waals surface area contributed by atoms with E-state index in [1.165, 1.54) is 24.1 Å². The summed E-state index contributed by atoms with van der Waals surface area (Å²) in [5.74, 6) is -0.750. The van der Waals surface area contributed by atoms with Gasteiger partial charge >= 0.3 is 0 Å². The number of rotatable bonds is 11. The van der Waals surface area contributed by atoms with Gasteiger partial charge in [-0.2, -0.15) is 0 Å². The summed E-state index contributed by atoms with van der Waals surface area (Å²) in [6.07, 6.45) is 0.922. The van der Waals surface area contributed by atoms with E-state index in [1.54, 1.807) is 42.5 Å². The Morgan fingerprint density at radius 1 is 0.944 bits per heavy atom. The lowest BCUT2D eigenvalue weighted by Crippen LogP contribution is -2.52. The van der Waals surface area contributed by atoms with Gasteiger partial charge in [0.15, 0.2) is 0 Å². The predicted octanol–water partition coefficient (Wildman–Crippen LogP) is 4.24. The third-order valence-electron chi connectivity index (χ3n) is 5.82. The van der Waals surface area contributed by atoms with Crippen molar-refractivity contribution in [3.8, 4) is 0 Å². The standard InChI is InChI=1S/C27H30BrN3O4S/c1-3-25(27(33)29-2)30(18-17-21-11-6-4-7-12-21)26(32)20-31(23-14-10-13-22(28)19-23)36(34,35)24-15-8-5-9-16-24/h4-16,19,25H,3,17-18,20H2,1-2H3,(H,29,33)/t25-/m0/s1. The lowest BCUT2D eigenvalue weighted by molar-refractivity contribution is -0.139. The van der Waals surface area contributed by atoms with E-state index in [0.717, 1.165) is 9.87 Å². The van der Waals surface area contributed by atoms with Crippen LogP contribution in [0, 0.1) is 0 Å². The second-order valence-electron chi connectivity index (χ2n) is 8.17. The van der Waals surface area contributed by atoms with Gasteiger partial charge in [0.1, 0.15) is 12.6 Å². The van der Waals surface area contributed by atoms with E-state index in [0.29, 0.717) is 23.0 Å². The van der Waals surface area contributed by atoms with E-state index in [1.807, 2.05) is 37.3 Å². The summed E-state index contributed by atoms with van der Waals surface area (Å²) in [4.78, 5) is 28.0. The van der Waals surface area contributed by atoms with Crippen molar-refractivity contribution in [2.75, 3.05) is 24.4 Å². The minimum atomic E-state index is -4.06. The van der Waals surface area contributed by atoms with Gasteiger partial charge in [0.25, 0.3) is 10.0 Å². The second kappa shape index (κ2) is 12.7. The molecule has 3 aromatic carbocycles. The number of nitrogens with zero attached hydrogens (tertiary/aromatic N) is 2. The molecular formula is C27H30BrN3O4S. The molecule has 3 rings (SSSR count). The van der Waals surface area contributed by atoms with Gasteiger partial charge in [-0.25, -0.2) is 8.42 Å². The molecule has 0 aliphatic heterocycles. The zero-order valence-electron chi connectivity index (χ0n) is 20.3. The van der Waals surface area contributed by atoms with Crippen LogP contribution in [0.2, 0.25) is 0 Å². The van der Waals surface area contributed by atoms with Crippen LogP contribution in [0.4, 0.5) is 5.69 Å². The fourth-order valence-corrected chi connectivity index (χ4v) is 5.76. The summed E-state index contributed by atoms with van der Waals surface area (Å²) >= 11 is 3.39. The number of hydrogen-bond donors (Lipinski definition) is 1. The number of hydrogen-bond acceptors (Lipinski definition) is 4. The Morgan fingerprint density at radius 3 is 2.17 bits per heavy atom. The van der Waals surface area contributed by atoms with Gasteiger partial charge in [-0.3, -0.25) is 13.9 Å². The lowest BCUT2D eigenvalue weighted by atomic mass is 10.1. The molecule has 7 nitrogen and oxygen atoms in total. The van der Waals surface area contributed by atoms with E-state index < -0.39 is 28.5 Å². The van der Waals surface area contributed by atoms with E-state index in [2.05, 4.69) is 21.2 Å². The number of sulfonamides is 1. The molecule has 0 radical (unpaired) electrons. The molecule has 0 unspecified atom stereocenters. The van der Waals surface area contributed by atoms with Gasteiger partial charge in [-0.15, -0.1) is 0 Å². The summed E-state index contributed by atoms with van der Waals surface area (Å²) < 4.78 is 29.1. The van der Waals surface area contributed by atoms with Gasteiger partial charge in [0, 0.05) is 18.1 Å². The number of carbonyl (C=O) groups excluding carboxylic acids is 2. The average molecular weight is 573 g/mol. The first-order chi connectivity index (χ1) is 17.3. The number of anilines is 1. The predicted molar refractivity (Wildman–Crippen MR) is 145 cm³/mol. The van der Waals surface area contributed by atoms with Crippen LogP contribution in [0.1, 0.15) is 18.9 Å². The van der Waals surface area contributed by atoms with Gasteiger partial charge in [0.05, 0.1) is 10.6 Å². The molecule has 2 amide bonds. The average Bonchev–Trinajstić information content (AvgIpc) is 2.90. The normalized spacial score (nSPS) is 12.0. The fraction of sp³-hybridized carbons (Fsp3) is 0.259. The number of carbonyl (C=O) groups is 2. The highest BCUT2D eigenvalue weighted by Gasteiger charge is 2.33. The topological polar surface area (TPSA) is 86.8 Å².